The molecular weight excluding hydrogens is 408 g/mol. The average molecular weight is 437 g/mol. The van der Waals surface area contributed by atoms with Crippen molar-refractivity contribution in [3.05, 3.63) is 47.0 Å². The maximum Gasteiger partial charge on any atom is 0.0869 e. The van der Waals surface area contributed by atoms with Crippen LogP contribution in [-0.4, -0.2) is 44.1 Å². The molecule has 2 bridgehead atoms. The van der Waals surface area contributed by atoms with Gasteiger partial charge in [-0.15, -0.1) is 0 Å². The van der Waals surface area contributed by atoms with Crippen LogP contribution in [0.5, 0.6) is 0 Å². The van der Waals surface area contributed by atoms with E-state index in [0.717, 1.165) is 23.4 Å². The van der Waals surface area contributed by atoms with Crippen molar-refractivity contribution >= 4 is 39.3 Å². The quantitative estimate of drug-likeness (QED) is 0.433. The molecule has 2 saturated carbocycles. The predicted octanol–water partition coefficient (Wildman–Crippen LogP) is 4.82. The number of nitrogens with one attached hydrogen (secondary N) is 4. The zero-order valence-electron chi connectivity index (χ0n) is 17.9. The Morgan fingerprint density at radius 3 is 2.58 bits per heavy atom. The van der Waals surface area contributed by atoms with E-state index in [0.29, 0.717) is 23.7 Å². The third-order valence-electron chi connectivity index (χ3n) is 7.99. The SMILES string of the molecule is CNc1ccc2c(c1C=N)C1C3CC(C(OC)[C@@H]3OC)[C@H]1[C@H](c1ccc3[nH]sc3c1)N2. The molecule has 7 atom stereocenters. The van der Waals surface area contributed by atoms with Crippen LogP contribution < -0.4 is 10.6 Å². The van der Waals surface area contributed by atoms with Crippen LogP contribution in [0.3, 0.4) is 0 Å². The number of fused-ring (bicyclic) bond motifs is 8. The van der Waals surface area contributed by atoms with Crippen molar-refractivity contribution < 1.29 is 9.47 Å². The fourth-order valence-electron chi connectivity index (χ4n) is 6.86. The molecule has 0 amide bonds. The van der Waals surface area contributed by atoms with E-state index in [2.05, 4.69) is 45.3 Å². The average Bonchev–Trinajstić information content (AvgIpc) is 3.34. The van der Waals surface area contributed by atoms with Gasteiger partial charge in [-0.2, -0.15) is 0 Å². The number of methoxy groups -OCH3 is 2. The Bertz CT molecular complexity index is 1150. The monoisotopic (exact) mass is 436 g/mol. The number of anilines is 2. The van der Waals surface area contributed by atoms with Crippen molar-refractivity contribution in [1.82, 2.24) is 4.37 Å². The molecule has 31 heavy (non-hydrogen) atoms. The van der Waals surface area contributed by atoms with Crippen LogP contribution in [0.25, 0.3) is 10.2 Å². The lowest BCUT2D eigenvalue weighted by molar-refractivity contribution is -0.0870. The van der Waals surface area contributed by atoms with Crippen LogP contribution in [0.2, 0.25) is 0 Å². The number of rotatable bonds is 5. The normalized spacial score (nSPS) is 33.2. The minimum absolute atomic E-state index is 0.0938. The molecule has 0 saturated heterocycles. The second-order valence-electron chi connectivity index (χ2n) is 9.03. The van der Waals surface area contributed by atoms with Gasteiger partial charge in [-0.3, -0.25) is 0 Å². The predicted molar refractivity (Wildman–Crippen MR) is 126 cm³/mol. The van der Waals surface area contributed by atoms with Crippen LogP contribution in [0.4, 0.5) is 11.4 Å². The molecule has 2 heterocycles. The molecule has 162 valence electrons. The summed E-state index contributed by atoms with van der Waals surface area (Å²) in [5, 5.41) is 15.4. The molecule has 0 spiro atoms. The third-order valence-corrected chi connectivity index (χ3v) is 8.87. The van der Waals surface area contributed by atoms with Gasteiger partial charge in [-0.05, 0) is 65.5 Å². The van der Waals surface area contributed by atoms with Crippen molar-refractivity contribution in [1.29, 1.82) is 5.41 Å². The molecule has 0 radical (unpaired) electrons. The van der Waals surface area contributed by atoms with Gasteiger partial charge in [-0.25, -0.2) is 0 Å². The number of aromatic amines is 1. The van der Waals surface area contributed by atoms with E-state index in [9.17, 15) is 0 Å². The molecule has 4 N–H and O–H groups in total. The second kappa shape index (κ2) is 7.08. The molecule has 4 unspecified atom stereocenters. The summed E-state index contributed by atoms with van der Waals surface area (Å²) in [5.41, 5.74) is 6.97. The van der Waals surface area contributed by atoms with E-state index in [4.69, 9.17) is 14.9 Å². The highest BCUT2D eigenvalue weighted by Gasteiger charge is 2.63. The first-order valence-electron chi connectivity index (χ1n) is 10.9. The number of hydrogen-bond acceptors (Lipinski definition) is 6. The van der Waals surface area contributed by atoms with Crippen LogP contribution >= 0.6 is 11.5 Å². The van der Waals surface area contributed by atoms with Crippen molar-refractivity contribution in [2.45, 2.75) is 30.6 Å². The van der Waals surface area contributed by atoms with Gasteiger partial charge in [0.05, 0.1) is 28.5 Å². The summed E-state index contributed by atoms with van der Waals surface area (Å²) in [4.78, 5) is 0. The molecule has 7 heteroatoms. The minimum atomic E-state index is 0.0938. The Balaban J connectivity index is 1.54. The standard InChI is InChI=1S/C24H28N4O2S/c1-26-15-6-7-17-19(14(15)10-25)20-12-9-13(24(30-3)23(12)29-2)21(20)22(27-17)11-4-5-16-18(8-11)31-28-16/h4-8,10,12-13,20-28H,9H2,1-3H3/t12?,13?,20?,21-,22+,23-,24?/m1/s1. The van der Waals surface area contributed by atoms with Gasteiger partial charge < -0.3 is 29.9 Å². The number of hydrogen-bond donors (Lipinski definition) is 4. The lowest BCUT2D eigenvalue weighted by Crippen LogP contribution is -2.48. The van der Waals surface area contributed by atoms with Crippen molar-refractivity contribution in [2.24, 2.45) is 17.8 Å². The van der Waals surface area contributed by atoms with Gasteiger partial charge in [0.2, 0.25) is 0 Å². The number of ether oxygens (including phenoxy) is 2. The Kier molecular flexibility index (Phi) is 4.42. The fraction of sp³-hybridized carbons (Fsp3) is 0.458. The molecular formula is C24H28N4O2S. The molecule has 1 aromatic heterocycles. The summed E-state index contributed by atoms with van der Waals surface area (Å²) < 4.78 is 16.6. The van der Waals surface area contributed by atoms with Gasteiger partial charge in [-0.1, -0.05) is 17.6 Å². The maximum atomic E-state index is 8.20. The molecule has 3 aliphatic rings. The zero-order valence-corrected chi connectivity index (χ0v) is 18.8. The molecule has 2 aromatic carbocycles. The maximum absolute atomic E-state index is 8.20. The first kappa shape index (κ1) is 19.3. The molecule has 2 aliphatic carbocycles. The van der Waals surface area contributed by atoms with Crippen LogP contribution in [0.15, 0.2) is 30.3 Å². The highest BCUT2D eigenvalue weighted by molar-refractivity contribution is 7.15. The molecule has 6 nitrogen and oxygen atoms in total. The summed E-state index contributed by atoms with van der Waals surface area (Å²) in [6.45, 7) is 0. The Hall–Kier alpha value is -2.35. The van der Waals surface area contributed by atoms with E-state index in [1.165, 1.54) is 27.6 Å². The van der Waals surface area contributed by atoms with Gasteiger partial charge in [0.25, 0.3) is 0 Å². The highest BCUT2D eigenvalue weighted by atomic mass is 32.1. The van der Waals surface area contributed by atoms with Crippen molar-refractivity contribution in [3.63, 3.8) is 0 Å². The number of benzene rings is 2. The lowest BCUT2D eigenvalue weighted by Gasteiger charge is -2.48. The summed E-state index contributed by atoms with van der Waals surface area (Å²) in [5.74, 6) is 1.55. The topological polar surface area (TPSA) is 82.2 Å². The molecule has 6 rings (SSSR count). The van der Waals surface area contributed by atoms with E-state index in [1.807, 2.05) is 21.3 Å². The Morgan fingerprint density at radius 2 is 1.94 bits per heavy atom. The smallest absolute Gasteiger partial charge is 0.0869 e. The van der Waals surface area contributed by atoms with E-state index < -0.39 is 0 Å². The molecule has 1 aliphatic heterocycles. The van der Waals surface area contributed by atoms with Crippen molar-refractivity contribution in [2.75, 3.05) is 31.9 Å². The largest absolute Gasteiger partial charge is 0.388 e. The van der Waals surface area contributed by atoms with E-state index in [-0.39, 0.29) is 18.2 Å². The van der Waals surface area contributed by atoms with E-state index in [1.54, 1.807) is 11.5 Å². The van der Waals surface area contributed by atoms with Gasteiger partial charge in [0, 0.05) is 44.4 Å². The van der Waals surface area contributed by atoms with Crippen LogP contribution in [-0.2, 0) is 9.47 Å². The zero-order chi connectivity index (χ0) is 21.3. The number of aromatic nitrogens is 1. The Morgan fingerprint density at radius 1 is 1.13 bits per heavy atom. The minimum Gasteiger partial charge on any atom is -0.388 e. The summed E-state index contributed by atoms with van der Waals surface area (Å²) >= 11 is 1.69. The molecule has 2 fully saturated rings. The molecule has 3 aromatic rings. The highest BCUT2D eigenvalue weighted by Crippen LogP contribution is 2.65. The summed E-state index contributed by atoms with van der Waals surface area (Å²) in [7, 11) is 5.56. The fourth-order valence-corrected chi connectivity index (χ4v) is 7.53. The van der Waals surface area contributed by atoms with Gasteiger partial charge in [0.1, 0.15) is 0 Å². The van der Waals surface area contributed by atoms with Gasteiger partial charge in [0.15, 0.2) is 0 Å². The summed E-state index contributed by atoms with van der Waals surface area (Å²) in [6, 6.07) is 11.3. The van der Waals surface area contributed by atoms with Crippen LogP contribution in [0, 0.1) is 23.2 Å². The first-order chi connectivity index (χ1) is 15.2. The summed E-state index contributed by atoms with van der Waals surface area (Å²) in [6.07, 6.45) is 2.82. The third kappa shape index (κ3) is 2.54. The van der Waals surface area contributed by atoms with E-state index >= 15 is 0 Å². The Labute approximate surface area is 186 Å². The first-order valence-corrected chi connectivity index (χ1v) is 11.8. The van der Waals surface area contributed by atoms with Crippen molar-refractivity contribution in [3.8, 4) is 0 Å². The number of H-pyrrole nitrogens is 1. The second-order valence-corrected chi connectivity index (χ2v) is 9.88. The van der Waals surface area contributed by atoms with Crippen LogP contribution in [0.1, 0.15) is 35.1 Å². The van der Waals surface area contributed by atoms with Gasteiger partial charge >= 0.3 is 0 Å². The lowest BCUT2D eigenvalue weighted by atomic mass is 9.65.